The van der Waals surface area contributed by atoms with E-state index in [9.17, 15) is 0 Å². The van der Waals surface area contributed by atoms with Crippen LogP contribution in [0.2, 0.25) is 0 Å². The van der Waals surface area contributed by atoms with Crippen molar-refractivity contribution < 1.29 is 0 Å². The summed E-state index contributed by atoms with van der Waals surface area (Å²) in [7, 11) is 0. The van der Waals surface area contributed by atoms with E-state index in [1.165, 1.54) is 18.7 Å². The summed E-state index contributed by atoms with van der Waals surface area (Å²) in [6.45, 7) is 3.26. The molecule has 0 radical (unpaired) electrons. The molecule has 1 N–H and O–H groups in total. The molecule has 98 valence electrons. The van der Waals surface area contributed by atoms with E-state index in [1.54, 1.807) is 11.3 Å². The van der Waals surface area contributed by atoms with Crippen molar-refractivity contribution in [2.24, 2.45) is 0 Å². The number of thiophene rings is 2. The number of halogens is 2. The molecule has 2 heterocycles. The SMILES string of the molecule is CCCNC(Cc1sccc1Br)c1csc(Br)c1. The fourth-order valence-corrected chi connectivity index (χ4v) is 4.58. The lowest BCUT2D eigenvalue weighted by Crippen LogP contribution is -2.23. The molecule has 0 aromatic carbocycles. The summed E-state index contributed by atoms with van der Waals surface area (Å²) in [5.41, 5.74) is 1.38. The van der Waals surface area contributed by atoms with Crippen LogP contribution in [0.1, 0.15) is 29.8 Å². The molecule has 0 spiro atoms. The van der Waals surface area contributed by atoms with Crippen molar-refractivity contribution in [1.82, 2.24) is 5.32 Å². The van der Waals surface area contributed by atoms with Gasteiger partial charge in [-0.25, -0.2) is 0 Å². The van der Waals surface area contributed by atoms with E-state index in [0.717, 1.165) is 19.4 Å². The van der Waals surface area contributed by atoms with Crippen LogP contribution in [-0.2, 0) is 6.42 Å². The Balaban J connectivity index is 2.12. The van der Waals surface area contributed by atoms with Gasteiger partial charge in [0.25, 0.3) is 0 Å². The van der Waals surface area contributed by atoms with Gasteiger partial charge in [0.05, 0.1) is 3.79 Å². The Kier molecular flexibility index (Phi) is 5.89. The summed E-state index contributed by atoms with van der Waals surface area (Å²) < 4.78 is 2.43. The molecule has 5 heteroatoms. The predicted molar refractivity (Wildman–Crippen MR) is 88.8 cm³/mol. The molecule has 0 aliphatic carbocycles. The summed E-state index contributed by atoms with van der Waals surface area (Å²) in [6.07, 6.45) is 2.20. The smallest absolute Gasteiger partial charge is 0.0701 e. The summed E-state index contributed by atoms with van der Waals surface area (Å²) in [4.78, 5) is 1.41. The molecule has 0 bridgehead atoms. The first-order valence-electron chi connectivity index (χ1n) is 5.90. The van der Waals surface area contributed by atoms with Crippen molar-refractivity contribution in [3.8, 4) is 0 Å². The maximum atomic E-state index is 3.64. The molecule has 2 aromatic rings. The average molecular weight is 409 g/mol. The molecule has 0 saturated carbocycles. The fraction of sp³-hybridized carbons (Fsp3) is 0.385. The van der Waals surface area contributed by atoms with Crippen LogP contribution in [0.5, 0.6) is 0 Å². The van der Waals surface area contributed by atoms with E-state index in [1.807, 2.05) is 11.3 Å². The Morgan fingerprint density at radius 1 is 1.33 bits per heavy atom. The first-order valence-corrected chi connectivity index (χ1v) is 9.24. The van der Waals surface area contributed by atoms with Crippen molar-refractivity contribution in [3.05, 3.63) is 41.6 Å². The van der Waals surface area contributed by atoms with Crippen LogP contribution in [0, 0.1) is 0 Å². The van der Waals surface area contributed by atoms with Crippen LogP contribution in [0.4, 0.5) is 0 Å². The normalized spacial score (nSPS) is 12.8. The monoisotopic (exact) mass is 407 g/mol. The summed E-state index contributed by atoms with van der Waals surface area (Å²) in [6, 6.07) is 4.75. The molecular formula is C13H15Br2NS2. The number of hydrogen-bond acceptors (Lipinski definition) is 3. The largest absolute Gasteiger partial charge is 0.310 e. The van der Waals surface area contributed by atoms with E-state index < -0.39 is 0 Å². The van der Waals surface area contributed by atoms with Gasteiger partial charge in [0.2, 0.25) is 0 Å². The number of rotatable bonds is 6. The summed E-state index contributed by atoms with van der Waals surface area (Å²) >= 11 is 10.7. The van der Waals surface area contributed by atoms with Crippen molar-refractivity contribution in [1.29, 1.82) is 0 Å². The Morgan fingerprint density at radius 3 is 2.72 bits per heavy atom. The van der Waals surface area contributed by atoms with Gasteiger partial charge < -0.3 is 5.32 Å². The highest BCUT2D eigenvalue weighted by atomic mass is 79.9. The third kappa shape index (κ3) is 3.90. The lowest BCUT2D eigenvalue weighted by molar-refractivity contribution is 0.533. The highest BCUT2D eigenvalue weighted by Crippen LogP contribution is 2.31. The topological polar surface area (TPSA) is 12.0 Å². The Hall–Kier alpha value is 0.320. The Bertz CT molecular complexity index is 493. The van der Waals surface area contributed by atoms with Crippen molar-refractivity contribution in [2.45, 2.75) is 25.8 Å². The maximum Gasteiger partial charge on any atom is 0.0701 e. The van der Waals surface area contributed by atoms with Crippen molar-refractivity contribution >= 4 is 54.5 Å². The molecule has 0 saturated heterocycles. The Labute approximate surface area is 133 Å². The van der Waals surface area contributed by atoms with E-state index in [-0.39, 0.29) is 0 Å². The van der Waals surface area contributed by atoms with Crippen LogP contribution >= 0.6 is 54.5 Å². The molecule has 0 fully saturated rings. The molecular weight excluding hydrogens is 394 g/mol. The van der Waals surface area contributed by atoms with Gasteiger partial charge in [0.15, 0.2) is 0 Å². The molecule has 0 aliphatic heterocycles. The standard InChI is InChI=1S/C13H15Br2NS2/c1-2-4-16-11(9-6-13(15)18-8-9)7-12-10(14)3-5-17-12/h3,5-6,8,11,16H,2,4,7H2,1H3. The summed E-state index contributed by atoms with van der Waals surface area (Å²) in [5.74, 6) is 0. The lowest BCUT2D eigenvalue weighted by Gasteiger charge is -2.17. The van der Waals surface area contributed by atoms with E-state index in [4.69, 9.17) is 0 Å². The zero-order valence-electron chi connectivity index (χ0n) is 10.1. The predicted octanol–water partition coefficient (Wildman–Crippen LogP) is 5.62. The first-order chi connectivity index (χ1) is 8.70. The fourth-order valence-electron chi connectivity index (χ4n) is 1.79. The van der Waals surface area contributed by atoms with E-state index in [2.05, 4.69) is 67.0 Å². The third-order valence-electron chi connectivity index (χ3n) is 2.71. The molecule has 18 heavy (non-hydrogen) atoms. The van der Waals surface area contributed by atoms with Crippen LogP contribution in [0.25, 0.3) is 0 Å². The minimum atomic E-state index is 0.405. The quantitative estimate of drug-likeness (QED) is 0.654. The number of nitrogens with one attached hydrogen (secondary N) is 1. The number of hydrogen-bond donors (Lipinski definition) is 1. The van der Waals surface area contributed by atoms with Gasteiger partial charge in [0.1, 0.15) is 0 Å². The molecule has 2 aromatic heterocycles. The van der Waals surface area contributed by atoms with Gasteiger partial charge in [0, 0.05) is 21.8 Å². The average Bonchev–Trinajstić information content (AvgIpc) is 2.94. The molecule has 1 nitrogen and oxygen atoms in total. The van der Waals surface area contributed by atoms with E-state index >= 15 is 0 Å². The molecule has 0 amide bonds. The van der Waals surface area contributed by atoms with Gasteiger partial charge in [-0.05, 0) is 73.3 Å². The molecule has 2 rings (SSSR count). The second-order valence-corrected chi connectivity index (χ2v) is 8.23. The van der Waals surface area contributed by atoms with Crippen LogP contribution in [-0.4, -0.2) is 6.54 Å². The maximum absolute atomic E-state index is 3.64. The minimum Gasteiger partial charge on any atom is -0.310 e. The van der Waals surface area contributed by atoms with Crippen LogP contribution < -0.4 is 5.32 Å². The van der Waals surface area contributed by atoms with Crippen LogP contribution in [0.15, 0.2) is 31.2 Å². The zero-order chi connectivity index (χ0) is 13.0. The summed E-state index contributed by atoms with van der Waals surface area (Å²) in [5, 5.41) is 8.01. The minimum absolute atomic E-state index is 0.405. The highest BCUT2D eigenvalue weighted by molar-refractivity contribution is 9.11. The zero-order valence-corrected chi connectivity index (χ0v) is 14.9. The van der Waals surface area contributed by atoms with Gasteiger partial charge in [-0.15, -0.1) is 22.7 Å². The van der Waals surface area contributed by atoms with Gasteiger partial charge >= 0.3 is 0 Å². The second-order valence-electron chi connectivity index (χ2n) is 4.09. The lowest BCUT2D eigenvalue weighted by atomic mass is 10.1. The third-order valence-corrected chi connectivity index (χ3v) is 6.18. The van der Waals surface area contributed by atoms with Gasteiger partial charge in [-0.2, -0.15) is 0 Å². The van der Waals surface area contributed by atoms with Crippen molar-refractivity contribution in [3.63, 3.8) is 0 Å². The van der Waals surface area contributed by atoms with Gasteiger partial charge in [-0.3, -0.25) is 0 Å². The van der Waals surface area contributed by atoms with Crippen LogP contribution in [0.3, 0.4) is 0 Å². The molecule has 1 atom stereocenters. The van der Waals surface area contributed by atoms with Gasteiger partial charge in [-0.1, -0.05) is 6.92 Å². The van der Waals surface area contributed by atoms with E-state index in [0.29, 0.717) is 6.04 Å². The molecule has 0 aliphatic rings. The Morgan fingerprint density at radius 2 is 2.17 bits per heavy atom. The molecule has 1 unspecified atom stereocenters. The van der Waals surface area contributed by atoms with Crippen molar-refractivity contribution in [2.75, 3.05) is 6.54 Å². The second kappa shape index (κ2) is 7.20. The highest BCUT2D eigenvalue weighted by Gasteiger charge is 2.15. The first kappa shape index (κ1) is 14.7.